The molecule has 1 aliphatic rings. The van der Waals surface area contributed by atoms with Gasteiger partial charge in [0.1, 0.15) is 6.61 Å². The molecule has 10 heteroatoms. The van der Waals surface area contributed by atoms with Crippen molar-refractivity contribution in [1.29, 1.82) is 0 Å². The van der Waals surface area contributed by atoms with Crippen LogP contribution in [0.5, 0.6) is 11.5 Å². The largest absolute Gasteiger partial charge is 0.504 e. The van der Waals surface area contributed by atoms with Crippen molar-refractivity contribution in [3.05, 3.63) is 40.5 Å². The monoisotopic (exact) mass is 415 g/mol. The number of amides is 1. The minimum Gasteiger partial charge on any atom is -0.504 e. The molecule has 2 aromatic rings. The zero-order valence-electron chi connectivity index (χ0n) is 14.8. The Morgan fingerprint density at radius 2 is 2.11 bits per heavy atom. The van der Waals surface area contributed by atoms with E-state index in [9.17, 15) is 23.1 Å². The highest BCUT2D eigenvalue weighted by atomic mass is 35.5. The molecular formula is C18H17ClF3N3O3. The maximum absolute atomic E-state index is 12.8. The molecular weight excluding hydrogens is 399 g/mol. The molecule has 0 unspecified atom stereocenters. The molecule has 0 saturated heterocycles. The molecule has 1 aromatic carbocycles. The maximum Gasteiger partial charge on any atom is 0.417 e. The summed E-state index contributed by atoms with van der Waals surface area (Å²) in [7, 11) is 0. The Hall–Kier alpha value is -2.52. The van der Waals surface area contributed by atoms with Crippen molar-refractivity contribution in [1.82, 2.24) is 9.88 Å². The average molecular weight is 416 g/mol. The van der Waals surface area contributed by atoms with E-state index in [0.29, 0.717) is 17.3 Å². The van der Waals surface area contributed by atoms with Crippen LogP contribution < -0.4 is 10.5 Å². The van der Waals surface area contributed by atoms with Crippen LogP contribution >= 0.6 is 11.6 Å². The zero-order chi connectivity index (χ0) is 20.6. The molecule has 0 spiro atoms. The SMILES string of the molecule is C[C@@H](N)C(=O)N1CCOc2c(O)cc(-c3ncc(C(F)(F)F)cc3Cl)cc2C1. The molecule has 1 aromatic heterocycles. The van der Waals surface area contributed by atoms with Crippen LogP contribution in [0.2, 0.25) is 5.02 Å². The number of alkyl halides is 3. The van der Waals surface area contributed by atoms with Crippen LogP contribution in [0.3, 0.4) is 0 Å². The van der Waals surface area contributed by atoms with E-state index in [4.69, 9.17) is 22.1 Å². The summed E-state index contributed by atoms with van der Waals surface area (Å²) in [5, 5.41) is 10.1. The van der Waals surface area contributed by atoms with E-state index in [-0.39, 0.29) is 47.8 Å². The van der Waals surface area contributed by atoms with Gasteiger partial charge in [0.2, 0.25) is 5.91 Å². The molecule has 0 bridgehead atoms. The minimum absolute atomic E-state index is 0.0714. The standard InChI is InChI=1S/C18H17ClF3N3O3/c1-9(23)17(27)25-2-3-28-16-11(8-25)4-10(5-14(16)26)15-13(19)6-12(7-24-15)18(20,21)22/h4-7,9,26H,2-3,8,23H2,1H3/t9-/m1/s1. The van der Waals surface area contributed by atoms with Crippen LogP contribution in [0, 0.1) is 0 Å². The van der Waals surface area contributed by atoms with Crippen molar-refractivity contribution in [3.63, 3.8) is 0 Å². The molecule has 28 heavy (non-hydrogen) atoms. The van der Waals surface area contributed by atoms with Gasteiger partial charge in [-0.15, -0.1) is 0 Å². The lowest BCUT2D eigenvalue weighted by molar-refractivity contribution is -0.137. The molecule has 3 N–H and O–H groups in total. The van der Waals surface area contributed by atoms with Gasteiger partial charge in [0, 0.05) is 23.9 Å². The summed E-state index contributed by atoms with van der Waals surface area (Å²) < 4.78 is 44.0. The van der Waals surface area contributed by atoms with Crippen molar-refractivity contribution in [2.45, 2.75) is 25.7 Å². The summed E-state index contributed by atoms with van der Waals surface area (Å²) in [5.41, 5.74) is 5.52. The van der Waals surface area contributed by atoms with Gasteiger partial charge in [-0.1, -0.05) is 11.6 Å². The number of phenols is 1. The molecule has 150 valence electrons. The number of benzene rings is 1. The van der Waals surface area contributed by atoms with Gasteiger partial charge in [0.05, 0.1) is 28.9 Å². The first-order valence-electron chi connectivity index (χ1n) is 8.34. The number of carbonyl (C=O) groups is 1. The molecule has 1 atom stereocenters. The van der Waals surface area contributed by atoms with E-state index in [1.165, 1.54) is 11.0 Å². The second-order valence-electron chi connectivity index (χ2n) is 6.43. The smallest absolute Gasteiger partial charge is 0.417 e. The van der Waals surface area contributed by atoms with Gasteiger partial charge in [-0.3, -0.25) is 9.78 Å². The number of aromatic hydroxyl groups is 1. The molecule has 0 aliphatic carbocycles. The number of nitrogens with zero attached hydrogens (tertiary/aromatic N) is 2. The van der Waals surface area contributed by atoms with Gasteiger partial charge in [0.15, 0.2) is 11.5 Å². The lowest BCUT2D eigenvalue weighted by atomic mass is 10.0. The fourth-order valence-electron chi connectivity index (χ4n) is 2.92. The van der Waals surface area contributed by atoms with E-state index < -0.39 is 17.8 Å². The second kappa shape index (κ2) is 7.48. The van der Waals surface area contributed by atoms with Gasteiger partial charge in [-0.25, -0.2) is 0 Å². The highest BCUT2D eigenvalue weighted by Gasteiger charge is 2.32. The average Bonchev–Trinajstić information content (AvgIpc) is 2.82. The van der Waals surface area contributed by atoms with Gasteiger partial charge < -0.3 is 20.5 Å². The number of aromatic nitrogens is 1. The Morgan fingerprint density at radius 3 is 2.71 bits per heavy atom. The van der Waals surface area contributed by atoms with Gasteiger partial charge in [-0.2, -0.15) is 13.2 Å². The van der Waals surface area contributed by atoms with Crippen LogP contribution in [0.25, 0.3) is 11.3 Å². The number of pyridine rings is 1. The Labute approximate surface area is 163 Å². The fourth-order valence-corrected chi connectivity index (χ4v) is 3.19. The molecule has 6 nitrogen and oxygen atoms in total. The van der Waals surface area contributed by atoms with E-state index in [1.54, 1.807) is 13.0 Å². The quantitative estimate of drug-likeness (QED) is 0.786. The third kappa shape index (κ3) is 4.00. The van der Waals surface area contributed by atoms with Crippen molar-refractivity contribution >= 4 is 17.5 Å². The number of ether oxygens (including phenoxy) is 1. The topological polar surface area (TPSA) is 88.7 Å². The number of fused-ring (bicyclic) bond motifs is 1. The van der Waals surface area contributed by atoms with Crippen molar-refractivity contribution in [2.75, 3.05) is 13.2 Å². The molecule has 2 heterocycles. The van der Waals surface area contributed by atoms with Crippen molar-refractivity contribution in [2.24, 2.45) is 5.73 Å². The molecule has 1 aliphatic heterocycles. The highest BCUT2D eigenvalue weighted by Crippen LogP contribution is 2.40. The maximum atomic E-state index is 12.8. The first kappa shape index (κ1) is 20.2. The predicted octanol–water partition coefficient (Wildman–Crippen LogP) is 3.19. The van der Waals surface area contributed by atoms with E-state index in [0.717, 1.165) is 6.07 Å². The van der Waals surface area contributed by atoms with E-state index in [2.05, 4.69) is 4.98 Å². The molecule has 1 amide bonds. The third-order valence-electron chi connectivity index (χ3n) is 4.26. The molecule has 0 saturated carbocycles. The van der Waals surface area contributed by atoms with Gasteiger partial charge in [0.25, 0.3) is 0 Å². The van der Waals surface area contributed by atoms with Crippen molar-refractivity contribution in [3.8, 4) is 22.8 Å². The molecule has 3 rings (SSSR count). The minimum atomic E-state index is -4.57. The van der Waals surface area contributed by atoms with Crippen LogP contribution in [0.15, 0.2) is 24.4 Å². The first-order chi connectivity index (χ1) is 13.1. The number of hydrogen-bond donors (Lipinski definition) is 2. The highest BCUT2D eigenvalue weighted by molar-refractivity contribution is 6.33. The van der Waals surface area contributed by atoms with Crippen LogP contribution in [-0.4, -0.2) is 40.1 Å². The summed E-state index contributed by atoms with van der Waals surface area (Å²) in [5.74, 6) is -0.306. The predicted molar refractivity (Wildman–Crippen MR) is 95.9 cm³/mol. The normalized spacial score (nSPS) is 15.4. The summed E-state index contributed by atoms with van der Waals surface area (Å²) in [6.45, 7) is 2.13. The summed E-state index contributed by atoms with van der Waals surface area (Å²) in [6.07, 6.45) is -3.90. The molecule has 0 radical (unpaired) electrons. The summed E-state index contributed by atoms with van der Waals surface area (Å²) in [6, 6.07) is 2.95. The number of hydrogen-bond acceptors (Lipinski definition) is 5. The number of halogens is 4. The van der Waals surface area contributed by atoms with Crippen molar-refractivity contribution < 1.29 is 27.8 Å². The van der Waals surface area contributed by atoms with Crippen LogP contribution in [-0.2, 0) is 17.5 Å². The lowest BCUT2D eigenvalue weighted by Gasteiger charge is -2.22. The van der Waals surface area contributed by atoms with Crippen LogP contribution in [0.1, 0.15) is 18.1 Å². The van der Waals surface area contributed by atoms with Crippen LogP contribution in [0.4, 0.5) is 13.2 Å². The van der Waals surface area contributed by atoms with E-state index in [1.807, 2.05) is 0 Å². The van der Waals surface area contributed by atoms with E-state index >= 15 is 0 Å². The first-order valence-corrected chi connectivity index (χ1v) is 8.72. The fraction of sp³-hybridized carbons (Fsp3) is 0.333. The van der Waals surface area contributed by atoms with Gasteiger partial charge in [-0.05, 0) is 25.1 Å². The summed E-state index contributed by atoms with van der Waals surface area (Å²) in [4.78, 5) is 17.5. The molecule has 0 fully saturated rings. The zero-order valence-corrected chi connectivity index (χ0v) is 15.5. The number of rotatable bonds is 2. The Bertz CT molecular complexity index is 919. The Kier molecular flexibility index (Phi) is 5.40. The second-order valence-corrected chi connectivity index (χ2v) is 6.84. The summed E-state index contributed by atoms with van der Waals surface area (Å²) >= 11 is 6.00. The number of carbonyl (C=O) groups excluding carboxylic acids is 1. The number of nitrogens with two attached hydrogens (primary N) is 1. The lowest BCUT2D eigenvalue weighted by Crippen LogP contribution is -2.42. The third-order valence-corrected chi connectivity index (χ3v) is 4.55. The Morgan fingerprint density at radius 1 is 1.39 bits per heavy atom. The number of phenolic OH excluding ortho intramolecular Hbond substituents is 1. The Balaban J connectivity index is 2.02. The van der Waals surface area contributed by atoms with Gasteiger partial charge >= 0.3 is 6.18 Å².